The second kappa shape index (κ2) is 8.48. The highest BCUT2D eigenvalue weighted by Crippen LogP contribution is 2.08. The van der Waals surface area contributed by atoms with Crippen molar-refractivity contribution in [3.8, 4) is 0 Å². The van der Waals surface area contributed by atoms with Gasteiger partial charge in [0.15, 0.2) is 0 Å². The molecule has 0 amide bonds. The van der Waals surface area contributed by atoms with E-state index in [-0.39, 0.29) is 5.97 Å². The summed E-state index contributed by atoms with van der Waals surface area (Å²) in [5.41, 5.74) is 0. The van der Waals surface area contributed by atoms with Crippen LogP contribution in [0.5, 0.6) is 0 Å². The Morgan fingerprint density at radius 2 is 2.00 bits per heavy atom. The molecule has 0 aromatic heterocycles. The van der Waals surface area contributed by atoms with E-state index < -0.39 is 0 Å². The number of hydrogen-bond donors (Lipinski definition) is 0. The fraction of sp³-hybridized carbons (Fsp3) is 0.929. The zero-order valence-electron chi connectivity index (χ0n) is 12.2. The maximum atomic E-state index is 11.5. The summed E-state index contributed by atoms with van der Waals surface area (Å²) in [6, 6.07) is 0.396. The summed E-state index contributed by atoms with van der Waals surface area (Å²) in [4.78, 5) is 16.2. The van der Waals surface area contributed by atoms with E-state index in [1.54, 1.807) is 0 Å². The Labute approximate surface area is 111 Å². The molecule has 0 aromatic carbocycles. The first-order valence-electron chi connectivity index (χ1n) is 7.25. The van der Waals surface area contributed by atoms with Gasteiger partial charge in [-0.15, -0.1) is 0 Å². The second-order valence-electron chi connectivity index (χ2n) is 5.27. The van der Waals surface area contributed by atoms with E-state index in [9.17, 15) is 4.79 Å². The average Bonchev–Trinajstić information content (AvgIpc) is 2.81. The predicted octanol–water partition coefficient (Wildman–Crippen LogP) is 1.75. The molecule has 0 atom stereocenters. The van der Waals surface area contributed by atoms with E-state index in [0.29, 0.717) is 19.2 Å². The van der Waals surface area contributed by atoms with Gasteiger partial charge >= 0.3 is 5.97 Å². The van der Waals surface area contributed by atoms with Gasteiger partial charge in [0.05, 0.1) is 13.2 Å². The molecule has 4 heteroatoms. The Hall–Kier alpha value is -0.610. The van der Waals surface area contributed by atoms with Crippen molar-refractivity contribution < 1.29 is 9.53 Å². The smallest absolute Gasteiger partial charge is 0.320 e. The van der Waals surface area contributed by atoms with E-state index in [2.05, 4.69) is 23.6 Å². The molecule has 0 radical (unpaired) electrons. The van der Waals surface area contributed by atoms with Gasteiger partial charge in [0, 0.05) is 12.6 Å². The van der Waals surface area contributed by atoms with Crippen LogP contribution in [-0.2, 0) is 9.53 Å². The van der Waals surface area contributed by atoms with Crippen LogP contribution < -0.4 is 0 Å². The lowest BCUT2D eigenvalue weighted by molar-refractivity contribution is -0.144. The highest BCUT2D eigenvalue weighted by Gasteiger charge is 2.16. The Kier molecular flexibility index (Phi) is 7.28. The van der Waals surface area contributed by atoms with Crippen molar-refractivity contribution in [3.63, 3.8) is 0 Å². The summed E-state index contributed by atoms with van der Waals surface area (Å²) in [6.07, 6.45) is 3.82. The SMILES string of the molecule is CCOC(=O)CN(CCCN1CCCC1)C(C)C. The molecule has 0 N–H and O–H groups in total. The molecule has 1 fully saturated rings. The molecule has 0 spiro atoms. The van der Waals surface area contributed by atoms with Crippen LogP contribution in [0.1, 0.15) is 40.0 Å². The fourth-order valence-corrected chi connectivity index (χ4v) is 2.40. The summed E-state index contributed by atoms with van der Waals surface area (Å²) in [5, 5.41) is 0. The first kappa shape index (κ1) is 15.4. The Balaban J connectivity index is 2.22. The Bertz CT molecular complexity index is 238. The normalized spacial score (nSPS) is 16.7. The zero-order valence-corrected chi connectivity index (χ0v) is 12.2. The van der Waals surface area contributed by atoms with Crippen LogP contribution in [-0.4, -0.2) is 61.1 Å². The largest absolute Gasteiger partial charge is 0.465 e. The van der Waals surface area contributed by atoms with Crippen molar-refractivity contribution in [2.75, 3.05) is 39.3 Å². The van der Waals surface area contributed by atoms with Gasteiger partial charge in [-0.3, -0.25) is 9.69 Å². The van der Waals surface area contributed by atoms with E-state index in [0.717, 1.165) is 19.5 Å². The van der Waals surface area contributed by atoms with E-state index in [1.165, 1.54) is 25.9 Å². The molecule has 1 aliphatic rings. The molecule has 0 unspecified atom stereocenters. The van der Waals surface area contributed by atoms with Gasteiger partial charge in [-0.05, 0) is 59.7 Å². The van der Waals surface area contributed by atoms with Crippen molar-refractivity contribution in [3.05, 3.63) is 0 Å². The van der Waals surface area contributed by atoms with Crippen molar-refractivity contribution in [1.29, 1.82) is 0 Å². The minimum atomic E-state index is -0.104. The van der Waals surface area contributed by atoms with Crippen molar-refractivity contribution in [2.24, 2.45) is 0 Å². The van der Waals surface area contributed by atoms with Gasteiger partial charge in [-0.1, -0.05) is 0 Å². The summed E-state index contributed by atoms with van der Waals surface area (Å²) in [5.74, 6) is -0.104. The molecule has 1 heterocycles. The standard InChI is InChI=1S/C14H28N2O2/c1-4-18-14(17)12-16(13(2)3)11-7-10-15-8-5-6-9-15/h13H,4-12H2,1-3H3. The van der Waals surface area contributed by atoms with Crippen LogP contribution in [0.4, 0.5) is 0 Å². The fourth-order valence-electron chi connectivity index (χ4n) is 2.40. The molecule has 106 valence electrons. The van der Waals surface area contributed by atoms with E-state index in [1.807, 2.05) is 6.92 Å². The molecule has 0 aromatic rings. The number of esters is 1. The van der Waals surface area contributed by atoms with Crippen LogP contribution in [0.2, 0.25) is 0 Å². The maximum absolute atomic E-state index is 11.5. The van der Waals surface area contributed by atoms with Gasteiger partial charge in [-0.2, -0.15) is 0 Å². The molecule has 0 saturated carbocycles. The third-order valence-electron chi connectivity index (χ3n) is 3.49. The minimum absolute atomic E-state index is 0.104. The first-order valence-corrected chi connectivity index (χ1v) is 7.25. The number of likely N-dealkylation sites (tertiary alicyclic amines) is 1. The minimum Gasteiger partial charge on any atom is -0.465 e. The van der Waals surface area contributed by atoms with Crippen LogP contribution in [0.3, 0.4) is 0 Å². The Morgan fingerprint density at radius 1 is 1.33 bits per heavy atom. The van der Waals surface area contributed by atoms with Gasteiger partial charge in [0.2, 0.25) is 0 Å². The molecule has 0 aliphatic carbocycles. The predicted molar refractivity (Wildman–Crippen MR) is 73.6 cm³/mol. The number of ether oxygens (including phenoxy) is 1. The molecule has 18 heavy (non-hydrogen) atoms. The summed E-state index contributed by atoms with van der Waals surface area (Å²) in [6.45, 7) is 11.7. The number of nitrogens with zero attached hydrogens (tertiary/aromatic N) is 2. The molecular weight excluding hydrogens is 228 g/mol. The van der Waals surface area contributed by atoms with Crippen LogP contribution in [0, 0.1) is 0 Å². The van der Waals surface area contributed by atoms with Crippen molar-refractivity contribution >= 4 is 5.97 Å². The number of carbonyl (C=O) groups excluding carboxylic acids is 1. The lowest BCUT2D eigenvalue weighted by Crippen LogP contribution is -2.38. The molecular formula is C14H28N2O2. The zero-order chi connectivity index (χ0) is 13.4. The summed E-state index contributed by atoms with van der Waals surface area (Å²) < 4.78 is 5.01. The lowest BCUT2D eigenvalue weighted by Gasteiger charge is -2.26. The average molecular weight is 256 g/mol. The lowest BCUT2D eigenvalue weighted by atomic mass is 10.2. The monoisotopic (exact) mass is 256 g/mol. The molecule has 0 bridgehead atoms. The van der Waals surface area contributed by atoms with Crippen molar-refractivity contribution in [2.45, 2.75) is 46.1 Å². The van der Waals surface area contributed by atoms with Crippen molar-refractivity contribution in [1.82, 2.24) is 9.80 Å². The van der Waals surface area contributed by atoms with Gasteiger partial charge in [0.25, 0.3) is 0 Å². The highest BCUT2D eigenvalue weighted by molar-refractivity contribution is 5.71. The number of rotatable bonds is 8. The third kappa shape index (κ3) is 5.83. The number of hydrogen-bond acceptors (Lipinski definition) is 4. The molecule has 4 nitrogen and oxygen atoms in total. The quantitative estimate of drug-likeness (QED) is 0.619. The molecule has 1 saturated heterocycles. The highest BCUT2D eigenvalue weighted by atomic mass is 16.5. The third-order valence-corrected chi connectivity index (χ3v) is 3.49. The molecule has 1 rings (SSSR count). The number of carbonyl (C=O) groups is 1. The second-order valence-corrected chi connectivity index (χ2v) is 5.27. The van der Waals surface area contributed by atoms with Crippen LogP contribution >= 0.6 is 0 Å². The molecule has 1 aliphatic heterocycles. The maximum Gasteiger partial charge on any atom is 0.320 e. The van der Waals surface area contributed by atoms with Crippen LogP contribution in [0.25, 0.3) is 0 Å². The topological polar surface area (TPSA) is 32.8 Å². The van der Waals surface area contributed by atoms with E-state index >= 15 is 0 Å². The van der Waals surface area contributed by atoms with Gasteiger partial charge in [0.1, 0.15) is 0 Å². The van der Waals surface area contributed by atoms with Gasteiger partial charge in [-0.25, -0.2) is 0 Å². The van der Waals surface area contributed by atoms with E-state index in [4.69, 9.17) is 4.74 Å². The van der Waals surface area contributed by atoms with Crippen LogP contribution in [0.15, 0.2) is 0 Å². The Morgan fingerprint density at radius 3 is 2.56 bits per heavy atom. The summed E-state index contributed by atoms with van der Waals surface area (Å²) >= 11 is 0. The summed E-state index contributed by atoms with van der Waals surface area (Å²) in [7, 11) is 0. The first-order chi connectivity index (χ1) is 8.63. The van der Waals surface area contributed by atoms with Gasteiger partial charge < -0.3 is 9.64 Å².